The SMILES string of the molecule is CC1CCCCN1Cc1cccc(C(=O)Nc2c(C(N)=O)oc3c(F)cc(F)cc23)c1. The Bertz CT molecular complexity index is 1160. The number of halogens is 2. The molecular formula is C23H23F2N3O3. The van der Waals surface area contributed by atoms with Gasteiger partial charge in [-0.25, -0.2) is 8.78 Å². The lowest BCUT2D eigenvalue weighted by atomic mass is 10.0. The maximum Gasteiger partial charge on any atom is 0.286 e. The number of carbonyl (C=O) groups is 2. The van der Waals surface area contributed by atoms with Crippen LogP contribution >= 0.6 is 0 Å². The number of rotatable bonds is 5. The topological polar surface area (TPSA) is 88.6 Å². The van der Waals surface area contributed by atoms with Crippen LogP contribution < -0.4 is 11.1 Å². The molecule has 1 atom stereocenters. The molecule has 0 bridgehead atoms. The Labute approximate surface area is 178 Å². The van der Waals surface area contributed by atoms with Gasteiger partial charge in [-0.3, -0.25) is 14.5 Å². The molecule has 1 unspecified atom stereocenters. The number of nitrogens with one attached hydrogen (secondary N) is 1. The molecule has 31 heavy (non-hydrogen) atoms. The third kappa shape index (κ3) is 4.29. The van der Waals surface area contributed by atoms with Crippen LogP contribution in [0.4, 0.5) is 14.5 Å². The molecule has 1 aliphatic heterocycles. The maximum atomic E-state index is 14.1. The summed E-state index contributed by atoms with van der Waals surface area (Å²) in [5.41, 5.74) is 6.14. The number of hydrogen-bond acceptors (Lipinski definition) is 4. The van der Waals surface area contributed by atoms with E-state index < -0.39 is 29.2 Å². The number of nitrogens with two attached hydrogens (primary N) is 1. The predicted octanol–water partition coefficient (Wildman–Crippen LogP) is 4.44. The Morgan fingerprint density at radius 1 is 1.23 bits per heavy atom. The molecule has 0 aliphatic carbocycles. The summed E-state index contributed by atoms with van der Waals surface area (Å²) in [6, 6.07) is 9.22. The highest BCUT2D eigenvalue weighted by molar-refractivity contribution is 6.14. The molecule has 1 fully saturated rings. The lowest BCUT2D eigenvalue weighted by Crippen LogP contribution is -2.36. The molecule has 3 aromatic rings. The summed E-state index contributed by atoms with van der Waals surface area (Å²) in [5, 5.41) is 2.47. The van der Waals surface area contributed by atoms with Crippen molar-refractivity contribution >= 4 is 28.5 Å². The van der Waals surface area contributed by atoms with Gasteiger partial charge in [0, 0.05) is 24.2 Å². The molecule has 2 amide bonds. The van der Waals surface area contributed by atoms with E-state index in [0.717, 1.165) is 37.6 Å². The van der Waals surface area contributed by atoms with E-state index in [4.69, 9.17) is 10.2 Å². The molecule has 162 valence electrons. The number of anilines is 1. The highest BCUT2D eigenvalue weighted by Gasteiger charge is 2.24. The monoisotopic (exact) mass is 427 g/mol. The van der Waals surface area contributed by atoms with E-state index in [-0.39, 0.29) is 16.7 Å². The van der Waals surface area contributed by atoms with Gasteiger partial charge in [0.1, 0.15) is 11.5 Å². The minimum atomic E-state index is -1.00. The molecule has 2 aromatic carbocycles. The van der Waals surface area contributed by atoms with Gasteiger partial charge in [-0.2, -0.15) is 0 Å². The van der Waals surface area contributed by atoms with Crippen LogP contribution in [0.5, 0.6) is 0 Å². The van der Waals surface area contributed by atoms with Gasteiger partial charge >= 0.3 is 0 Å². The minimum absolute atomic E-state index is 0.0713. The first-order chi connectivity index (χ1) is 14.8. The zero-order valence-electron chi connectivity index (χ0n) is 17.1. The van der Waals surface area contributed by atoms with Crippen LogP contribution in [0.1, 0.15) is 52.7 Å². The number of piperidine rings is 1. The Kier molecular flexibility index (Phi) is 5.73. The number of primary amides is 1. The molecule has 1 aliphatic rings. The van der Waals surface area contributed by atoms with E-state index in [9.17, 15) is 18.4 Å². The second-order valence-electron chi connectivity index (χ2n) is 7.90. The molecule has 3 N–H and O–H groups in total. The lowest BCUT2D eigenvalue weighted by Gasteiger charge is -2.33. The second-order valence-corrected chi connectivity index (χ2v) is 7.90. The Morgan fingerprint density at radius 2 is 2.03 bits per heavy atom. The van der Waals surface area contributed by atoms with E-state index in [0.29, 0.717) is 17.7 Å². The fourth-order valence-electron chi connectivity index (χ4n) is 4.05. The highest BCUT2D eigenvalue weighted by atomic mass is 19.1. The van der Waals surface area contributed by atoms with Gasteiger partial charge in [0.25, 0.3) is 11.8 Å². The predicted molar refractivity (Wildman–Crippen MR) is 113 cm³/mol. The van der Waals surface area contributed by atoms with Gasteiger partial charge in [0.05, 0.1) is 5.39 Å². The van der Waals surface area contributed by atoms with Gasteiger partial charge in [0.15, 0.2) is 11.4 Å². The van der Waals surface area contributed by atoms with Gasteiger partial charge in [0.2, 0.25) is 5.76 Å². The zero-order valence-corrected chi connectivity index (χ0v) is 17.1. The van der Waals surface area contributed by atoms with Crippen LogP contribution in [0.2, 0.25) is 0 Å². The number of benzene rings is 2. The Morgan fingerprint density at radius 3 is 2.77 bits per heavy atom. The molecule has 0 spiro atoms. The minimum Gasteiger partial charge on any atom is -0.446 e. The summed E-state index contributed by atoms with van der Waals surface area (Å²) in [6.45, 7) is 3.93. The summed E-state index contributed by atoms with van der Waals surface area (Å²) in [5.74, 6) is -3.83. The van der Waals surface area contributed by atoms with Crippen molar-refractivity contribution in [3.63, 3.8) is 0 Å². The van der Waals surface area contributed by atoms with Crippen LogP contribution in [-0.4, -0.2) is 29.3 Å². The maximum absolute atomic E-state index is 14.1. The van der Waals surface area contributed by atoms with Crippen molar-refractivity contribution in [2.75, 3.05) is 11.9 Å². The lowest BCUT2D eigenvalue weighted by molar-refractivity contribution is 0.0977. The number of carbonyl (C=O) groups excluding carboxylic acids is 2. The number of nitrogens with zero attached hydrogens (tertiary/aromatic N) is 1. The summed E-state index contributed by atoms with van der Waals surface area (Å²) in [7, 11) is 0. The van der Waals surface area contributed by atoms with Crippen LogP contribution in [0, 0.1) is 11.6 Å². The Hall–Kier alpha value is -3.26. The van der Waals surface area contributed by atoms with Crippen molar-refractivity contribution in [3.8, 4) is 0 Å². The van der Waals surface area contributed by atoms with Crippen molar-refractivity contribution in [3.05, 3.63) is 64.9 Å². The van der Waals surface area contributed by atoms with Gasteiger partial charge in [-0.05, 0) is 50.1 Å². The highest BCUT2D eigenvalue weighted by Crippen LogP contribution is 2.33. The third-order valence-electron chi connectivity index (χ3n) is 5.69. The average molecular weight is 427 g/mol. The molecular weight excluding hydrogens is 404 g/mol. The van der Waals surface area contributed by atoms with E-state index >= 15 is 0 Å². The van der Waals surface area contributed by atoms with Crippen molar-refractivity contribution in [1.29, 1.82) is 0 Å². The van der Waals surface area contributed by atoms with Crippen molar-refractivity contribution < 1.29 is 22.8 Å². The van der Waals surface area contributed by atoms with E-state index in [1.807, 2.05) is 6.07 Å². The quantitative estimate of drug-likeness (QED) is 0.630. The van der Waals surface area contributed by atoms with Gasteiger partial charge < -0.3 is 15.5 Å². The Balaban J connectivity index is 1.62. The van der Waals surface area contributed by atoms with Gasteiger partial charge in [-0.1, -0.05) is 18.6 Å². The third-order valence-corrected chi connectivity index (χ3v) is 5.69. The molecule has 0 radical (unpaired) electrons. The van der Waals surface area contributed by atoms with E-state index in [1.165, 1.54) is 6.42 Å². The summed E-state index contributed by atoms with van der Waals surface area (Å²) in [6.07, 6.45) is 3.53. The van der Waals surface area contributed by atoms with Crippen LogP contribution in [0.15, 0.2) is 40.8 Å². The standard InChI is InChI=1S/C23H23F2N3O3/c1-13-5-2-3-8-28(13)12-14-6-4-7-15(9-14)23(30)27-19-17-10-16(24)11-18(25)20(17)31-21(19)22(26)29/h4,6-7,9-11,13H,2-3,5,8,12H2,1H3,(H2,26,29)(H,27,30). The smallest absolute Gasteiger partial charge is 0.286 e. The van der Waals surface area contributed by atoms with Crippen molar-refractivity contribution in [2.24, 2.45) is 5.73 Å². The number of hydrogen-bond donors (Lipinski definition) is 2. The number of furan rings is 1. The van der Waals surface area contributed by atoms with Gasteiger partial charge in [-0.15, -0.1) is 0 Å². The molecule has 6 nitrogen and oxygen atoms in total. The molecule has 0 saturated carbocycles. The van der Waals surface area contributed by atoms with E-state index in [2.05, 4.69) is 17.1 Å². The first-order valence-electron chi connectivity index (χ1n) is 10.2. The zero-order chi connectivity index (χ0) is 22.1. The summed E-state index contributed by atoms with van der Waals surface area (Å²) < 4.78 is 33.0. The largest absolute Gasteiger partial charge is 0.446 e. The molecule has 1 aromatic heterocycles. The fraction of sp³-hybridized carbons (Fsp3) is 0.304. The number of likely N-dealkylation sites (tertiary alicyclic amines) is 1. The van der Waals surface area contributed by atoms with Crippen LogP contribution in [-0.2, 0) is 6.54 Å². The second kappa shape index (κ2) is 8.47. The van der Waals surface area contributed by atoms with Crippen LogP contribution in [0.25, 0.3) is 11.0 Å². The van der Waals surface area contributed by atoms with Crippen molar-refractivity contribution in [2.45, 2.75) is 38.8 Å². The summed E-state index contributed by atoms with van der Waals surface area (Å²) in [4.78, 5) is 27.0. The molecule has 1 saturated heterocycles. The van der Waals surface area contributed by atoms with Crippen molar-refractivity contribution in [1.82, 2.24) is 4.90 Å². The summed E-state index contributed by atoms with van der Waals surface area (Å²) >= 11 is 0. The first-order valence-corrected chi connectivity index (χ1v) is 10.2. The average Bonchev–Trinajstić information content (AvgIpc) is 3.09. The molecule has 2 heterocycles. The van der Waals surface area contributed by atoms with Crippen LogP contribution in [0.3, 0.4) is 0 Å². The molecule has 4 rings (SSSR count). The fourth-order valence-corrected chi connectivity index (χ4v) is 4.05. The normalized spacial score (nSPS) is 17.1. The number of fused-ring (bicyclic) bond motifs is 1. The first kappa shape index (κ1) is 21.0. The molecule has 8 heteroatoms. The number of amides is 2. The van der Waals surface area contributed by atoms with E-state index in [1.54, 1.807) is 18.2 Å².